The second-order valence-electron chi connectivity index (χ2n) is 8.23. The predicted octanol–water partition coefficient (Wildman–Crippen LogP) is 1.31. The van der Waals surface area contributed by atoms with Crippen molar-refractivity contribution in [3.8, 4) is 0 Å². The molecule has 2 saturated carbocycles. The van der Waals surface area contributed by atoms with Gasteiger partial charge in [-0.3, -0.25) is 4.79 Å². The van der Waals surface area contributed by atoms with Crippen molar-refractivity contribution in [2.24, 2.45) is 11.3 Å². The van der Waals surface area contributed by atoms with Crippen LogP contribution in [0.4, 0.5) is 11.5 Å². The van der Waals surface area contributed by atoms with Crippen LogP contribution in [0, 0.1) is 14.9 Å². The Kier molecular flexibility index (Phi) is 5.19. The zero-order valence-electron chi connectivity index (χ0n) is 17.0. The van der Waals surface area contributed by atoms with Gasteiger partial charge in [0.05, 0.1) is 23.9 Å². The summed E-state index contributed by atoms with van der Waals surface area (Å²) in [4.78, 5) is 25.5. The van der Waals surface area contributed by atoms with E-state index in [1.807, 2.05) is 18.2 Å². The molecule has 0 saturated heterocycles. The Morgan fingerprint density at radius 1 is 1.41 bits per heavy atom. The lowest BCUT2D eigenvalue weighted by Gasteiger charge is -2.23. The molecule has 1 aromatic carbocycles. The van der Waals surface area contributed by atoms with Crippen LogP contribution in [-0.4, -0.2) is 54.9 Å². The van der Waals surface area contributed by atoms with Gasteiger partial charge in [-0.1, -0.05) is 6.07 Å². The molecule has 2 aliphatic carbocycles. The summed E-state index contributed by atoms with van der Waals surface area (Å²) in [5.74, 6) is -0.0482. The van der Waals surface area contributed by atoms with Crippen molar-refractivity contribution in [1.82, 2.24) is 24.8 Å². The van der Waals surface area contributed by atoms with Crippen LogP contribution in [0.15, 0.2) is 24.5 Å². The van der Waals surface area contributed by atoms with E-state index in [1.165, 1.54) is 7.05 Å². The molecule has 32 heavy (non-hydrogen) atoms. The van der Waals surface area contributed by atoms with Crippen LogP contribution in [-0.2, 0) is 11.3 Å². The van der Waals surface area contributed by atoms with Gasteiger partial charge in [0.25, 0.3) is 0 Å². The number of imidazole rings is 1. The highest BCUT2D eigenvalue weighted by molar-refractivity contribution is 14.1. The van der Waals surface area contributed by atoms with E-state index in [-0.39, 0.29) is 17.1 Å². The summed E-state index contributed by atoms with van der Waals surface area (Å²) in [5, 5.41) is 27.3. The van der Waals surface area contributed by atoms with E-state index in [9.17, 15) is 15.0 Å². The molecule has 12 heteroatoms. The molecule has 0 radical (unpaired) electrons. The molecule has 10 nitrogen and oxygen atoms in total. The number of halogens is 2. The number of carbonyl (C=O) groups is 1. The van der Waals surface area contributed by atoms with Crippen LogP contribution in [0.5, 0.6) is 0 Å². The van der Waals surface area contributed by atoms with Crippen molar-refractivity contribution in [2.75, 3.05) is 18.1 Å². The molecule has 5 rings (SSSR count). The fourth-order valence-electron chi connectivity index (χ4n) is 4.88. The van der Waals surface area contributed by atoms with Crippen LogP contribution in [0.25, 0.3) is 11.2 Å². The number of hydrogen-bond donors (Lipinski definition) is 5. The maximum atomic E-state index is 12.4. The molecule has 2 aromatic heterocycles. The fraction of sp³-hybridized carbons (Fsp3) is 0.400. The van der Waals surface area contributed by atoms with Crippen molar-refractivity contribution in [1.29, 1.82) is 0 Å². The average molecular weight is 570 g/mol. The van der Waals surface area contributed by atoms with Gasteiger partial charge in [0.2, 0.25) is 11.2 Å². The molecule has 0 bridgehead atoms. The van der Waals surface area contributed by atoms with Crippen LogP contribution in [0.3, 0.4) is 0 Å². The number of nitrogens with zero attached hydrogens (tertiary/aromatic N) is 4. The molecule has 2 heterocycles. The summed E-state index contributed by atoms with van der Waals surface area (Å²) in [7, 11) is 1.53. The van der Waals surface area contributed by atoms with Crippen LogP contribution in [0.2, 0.25) is 5.28 Å². The summed E-state index contributed by atoms with van der Waals surface area (Å²) in [5.41, 5.74) is 7.53. The predicted molar refractivity (Wildman–Crippen MR) is 127 cm³/mol. The van der Waals surface area contributed by atoms with Gasteiger partial charge in [-0.15, -0.1) is 0 Å². The quantitative estimate of drug-likeness (QED) is 0.175. The summed E-state index contributed by atoms with van der Waals surface area (Å²) < 4.78 is 2.64. The first-order chi connectivity index (χ1) is 15.3. The fourth-order valence-corrected chi connectivity index (χ4v) is 5.63. The highest BCUT2D eigenvalue weighted by Crippen LogP contribution is 2.67. The van der Waals surface area contributed by atoms with Crippen molar-refractivity contribution in [2.45, 2.75) is 31.2 Å². The molecular weight excluding hydrogens is 549 g/mol. The number of amides is 1. The molecule has 0 spiro atoms. The minimum Gasteiger partial charge on any atom is -0.398 e. The Morgan fingerprint density at radius 2 is 2.19 bits per heavy atom. The number of hydrogen-bond acceptors (Lipinski definition) is 8. The third-order valence-corrected chi connectivity index (χ3v) is 7.67. The lowest BCUT2D eigenvalue weighted by Crippen LogP contribution is -2.41. The summed E-state index contributed by atoms with van der Waals surface area (Å²) >= 11 is 8.38. The highest BCUT2D eigenvalue weighted by Gasteiger charge is 2.75. The number of nitrogen functional groups attached to an aromatic ring is 1. The molecule has 168 valence electrons. The Hall–Kier alpha value is -2.22. The number of aliphatic hydroxyl groups excluding tert-OH is 2. The van der Waals surface area contributed by atoms with Crippen LogP contribution >= 0.6 is 34.2 Å². The van der Waals surface area contributed by atoms with E-state index in [4.69, 9.17) is 17.3 Å². The molecule has 1 amide bonds. The summed E-state index contributed by atoms with van der Waals surface area (Å²) in [6.45, 7) is 0.471. The SMILES string of the molecule is CNC(=O)[C@@]12C[C@@H]1[C@@H](n1cnc3c(NCc4ccc(N)c(I)c4)nc(Cl)nc31)[C@H](O)[C@@H]2O. The zero-order valence-corrected chi connectivity index (χ0v) is 19.9. The monoisotopic (exact) mass is 569 g/mol. The first kappa shape index (κ1) is 21.6. The third-order valence-electron chi connectivity index (χ3n) is 6.56. The standard InChI is InChI=1S/C20H21ClIN7O3/c1-24-18(32)20-5-9(20)13(14(30)15(20)31)29-7-26-12-16(27-19(21)28-17(12)29)25-6-8-2-3-11(23)10(22)4-8/h2-4,7,9,13-15,30-31H,5-6,23H2,1H3,(H,24,32)(H,25,27,28)/t9-,13-,14+,15+,20+/m1/s1. The summed E-state index contributed by atoms with van der Waals surface area (Å²) in [6.07, 6.45) is -0.274. The third kappa shape index (κ3) is 3.13. The Bertz CT molecular complexity index is 1240. The number of nitrogens with one attached hydrogen (secondary N) is 2. The smallest absolute Gasteiger partial charge is 0.229 e. The maximum absolute atomic E-state index is 12.4. The number of rotatable bonds is 5. The lowest BCUT2D eigenvalue weighted by atomic mass is 9.98. The van der Waals surface area contributed by atoms with E-state index in [1.54, 1.807) is 10.9 Å². The molecular formula is C20H21ClIN7O3. The largest absolute Gasteiger partial charge is 0.398 e. The minimum atomic E-state index is -1.17. The second kappa shape index (κ2) is 7.68. The van der Waals surface area contributed by atoms with Gasteiger partial charge in [0.15, 0.2) is 17.0 Å². The van der Waals surface area contributed by atoms with Gasteiger partial charge in [0, 0.05) is 28.8 Å². The van der Waals surface area contributed by atoms with E-state index in [0.717, 1.165) is 9.13 Å². The van der Waals surface area contributed by atoms with Gasteiger partial charge in [0.1, 0.15) is 6.10 Å². The van der Waals surface area contributed by atoms with Gasteiger partial charge in [-0.25, -0.2) is 4.98 Å². The van der Waals surface area contributed by atoms with Gasteiger partial charge >= 0.3 is 0 Å². The molecule has 5 atom stereocenters. The molecule has 0 unspecified atom stereocenters. The van der Waals surface area contributed by atoms with E-state index in [0.29, 0.717) is 35.6 Å². The number of fused-ring (bicyclic) bond motifs is 2. The van der Waals surface area contributed by atoms with Crippen molar-refractivity contribution in [3.63, 3.8) is 0 Å². The number of benzene rings is 1. The minimum absolute atomic E-state index is 0.0232. The molecule has 3 aromatic rings. The zero-order chi connectivity index (χ0) is 22.8. The van der Waals surface area contributed by atoms with Gasteiger partial charge in [-0.05, 0) is 58.3 Å². The van der Waals surface area contributed by atoms with E-state index < -0.39 is 23.7 Å². The Balaban J connectivity index is 1.47. The first-order valence-corrected chi connectivity index (χ1v) is 11.5. The average Bonchev–Trinajstić information content (AvgIpc) is 3.31. The highest BCUT2D eigenvalue weighted by atomic mass is 127. The maximum Gasteiger partial charge on any atom is 0.229 e. The van der Waals surface area contributed by atoms with Crippen molar-refractivity contribution >= 4 is 62.8 Å². The van der Waals surface area contributed by atoms with Crippen LogP contribution in [0.1, 0.15) is 18.0 Å². The number of nitrogens with two attached hydrogens (primary N) is 1. The van der Waals surface area contributed by atoms with E-state index in [2.05, 4.69) is 48.2 Å². The lowest BCUT2D eigenvalue weighted by molar-refractivity contribution is -0.132. The Morgan fingerprint density at radius 3 is 2.91 bits per heavy atom. The molecule has 6 N–H and O–H groups in total. The second-order valence-corrected chi connectivity index (χ2v) is 9.73. The number of anilines is 2. The first-order valence-electron chi connectivity index (χ1n) is 10.0. The van der Waals surface area contributed by atoms with Crippen molar-refractivity contribution < 1.29 is 15.0 Å². The normalized spacial score (nSPS) is 28.5. The van der Waals surface area contributed by atoms with Gasteiger partial charge < -0.3 is 31.1 Å². The number of carbonyl (C=O) groups excluding carboxylic acids is 1. The molecule has 0 aliphatic heterocycles. The van der Waals surface area contributed by atoms with Crippen molar-refractivity contribution in [3.05, 3.63) is 38.9 Å². The Labute approximate surface area is 201 Å². The summed E-state index contributed by atoms with van der Waals surface area (Å²) in [6, 6.07) is 5.19. The molecule has 2 fully saturated rings. The number of aliphatic hydroxyl groups is 2. The van der Waals surface area contributed by atoms with Gasteiger partial charge in [-0.2, -0.15) is 9.97 Å². The van der Waals surface area contributed by atoms with E-state index >= 15 is 0 Å². The number of aromatic nitrogens is 4. The topological polar surface area (TPSA) is 151 Å². The molecule has 2 aliphatic rings. The van der Waals surface area contributed by atoms with Crippen LogP contribution < -0.4 is 16.4 Å².